The molecule has 4 rings (SSSR count). The summed E-state index contributed by atoms with van der Waals surface area (Å²) in [6, 6.07) is 9.56. The molecule has 7 nitrogen and oxygen atoms in total. The van der Waals surface area contributed by atoms with Gasteiger partial charge < -0.3 is 19.7 Å². The van der Waals surface area contributed by atoms with Gasteiger partial charge in [-0.25, -0.2) is 9.97 Å². The van der Waals surface area contributed by atoms with Crippen molar-refractivity contribution in [3.63, 3.8) is 0 Å². The van der Waals surface area contributed by atoms with Gasteiger partial charge >= 0.3 is 0 Å². The van der Waals surface area contributed by atoms with Gasteiger partial charge in [-0.2, -0.15) is 4.98 Å². The predicted molar refractivity (Wildman–Crippen MR) is 116 cm³/mol. The Kier molecular flexibility index (Phi) is 5.15. The lowest BCUT2D eigenvalue weighted by molar-refractivity contribution is 0.489. The maximum Gasteiger partial charge on any atom is 0.225 e. The number of nitrogens with one attached hydrogen (secondary N) is 1. The molecule has 1 unspecified atom stereocenters. The van der Waals surface area contributed by atoms with Gasteiger partial charge in [-0.3, -0.25) is 0 Å². The quantitative estimate of drug-likeness (QED) is 0.686. The molecule has 1 N–H and O–H groups in total. The molecule has 1 saturated heterocycles. The highest BCUT2D eigenvalue weighted by Crippen LogP contribution is 2.24. The zero-order valence-electron chi connectivity index (χ0n) is 16.8. The zero-order chi connectivity index (χ0) is 20.5. The molecular weight excluding hydrogens is 386 g/mol. The highest BCUT2D eigenvalue weighted by atomic mass is 35.5. The van der Waals surface area contributed by atoms with E-state index in [0.717, 1.165) is 41.9 Å². The standard InChI is InChI=1S/C21H24ClN7/c1-14(19-13-29(15(2)25-19)18-7-5-17(22)6-8-18)24-21-23-10-9-20(26-21)28-12-11-27(4)16(28)3/h5-10,13-14H,3,11-12H2,1-2,4H3,(H,23,24,26). The third-order valence-corrected chi connectivity index (χ3v) is 5.38. The maximum absolute atomic E-state index is 6.00. The van der Waals surface area contributed by atoms with Gasteiger partial charge in [-0.1, -0.05) is 18.2 Å². The fourth-order valence-corrected chi connectivity index (χ4v) is 3.49. The number of hydrogen-bond donors (Lipinski definition) is 1. The summed E-state index contributed by atoms with van der Waals surface area (Å²) in [5.41, 5.74) is 1.93. The molecule has 1 aliphatic heterocycles. The molecule has 0 radical (unpaired) electrons. The fraction of sp³-hybridized carbons (Fsp3) is 0.286. The smallest absolute Gasteiger partial charge is 0.225 e. The van der Waals surface area contributed by atoms with Gasteiger partial charge in [-0.15, -0.1) is 0 Å². The number of aryl methyl sites for hydroxylation is 1. The minimum absolute atomic E-state index is 0.0537. The third kappa shape index (κ3) is 3.91. The first-order valence-corrected chi connectivity index (χ1v) is 9.89. The van der Waals surface area contributed by atoms with Crippen LogP contribution in [0.5, 0.6) is 0 Å². The fourth-order valence-electron chi connectivity index (χ4n) is 3.36. The summed E-state index contributed by atoms with van der Waals surface area (Å²) in [6.07, 6.45) is 3.79. The molecule has 0 aliphatic carbocycles. The van der Waals surface area contributed by atoms with Crippen molar-refractivity contribution < 1.29 is 0 Å². The molecule has 3 heterocycles. The number of anilines is 2. The molecule has 8 heteroatoms. The Balaban J connectivity index is 1.52. The topological polar surface area (TPSA) is 62.1 Å². The van der Waals surface area contributed by atoms with Gasteiger partial charge in [0.2, 0.25) is 5.95 Å². The van der Waals surface area contributed by atoms with Gasteiger partial charge in [0, 0.05) is 43.2 Å². The lowest BCUT2D eigenvalue weighted by atomic mass is 10.2. The molecule has 2 aromatic heterocycles. The largest absolute Gasteiger partial charge is 0.360 e. The molecular formula is C21H24ClN7. The Morgan fingerprint density at radius 2 is 1.90 bits per heavy atom. The highest BCUT2D eigenvalue weighted by Gasteiger charge is 2.22. The number of hydrogen-bond acceptors (Lipinski definition) is 6. The molecule has 3 aromatic rings. The van der Waals surface area contributed by atoms with E-state index >= 15 is 0 Å². The summed E-state index contributed by atoms with van der Waals surface area (Å²) in [4.78, 5) is 18.0. The second-order valence-corrected chi connectivity index (χ2v) is 7.59. The first-order valence-electron chi connectivity index (χ1n) is 9.51. The van der Waals surface area contributed by atoms with Crippen molar-refractivity contribution in [1.82, 2.24) is 24.4 Å². The number of imidazole rings is 1. The van der Waals surface area contributed by atoms with Crippen LogP contribution in [-0.4, -0.2) is 44.6 Å². The summed E-state index contributed by atoms with van der Waals surface area (Å²) >= 11 is 6.00. The highest BCUT2D eigenvalue weighted by molar-refractivity contribution is 6.30. The van der Waals surface area contributed by atoms with E-state index in [4.69, 9.17) is 16.6 Å². The molecule has 1 atom stereocenters. The minimum Gasteiger partial charge on any atom is -0.360 e. The van der Waals surface area contributed by atoms with Crippen molar-refractivity contribution in [2.24, 2.45) is 0 Å². The molecule has 0 saturated carbocycles. The van der Waals surface area contributed by atoms with Gasteiger partial charge in [0.1, 0.15) is 17.5 Å². The van der Waals surface area contributed by atoms with Gasteiger partial charge in [0.25, 0.3) is 0 Å². The van der Waals surface area contributed by atoms with E-state index in [2.05, 4.69) is 31.7 Å². The Bertz CT molecular complexity index is 1030. The maximum atomic E-state index is 6.00. The van der Waals surface area contributed by atoms with Crippen LogP contribution in [0.25, 0.3) is 5.69 Å². The lowest BCUT2D eigenvalue weighted by Crippen LogP contribution is -2.21. The first-order chi connectivity index (χ1) is 13.9. The summed E-state index contributed by atoms with van der Waals surface area (Å²) in [6.45, 7) is 9.96. The predicted octanol–water partition coefficient (Wildman–Crippen LogP) is 4.02. The Hall–Kier alpha value is -3.06. The molecule has 1 aromatic carbocycles. The lowest BCUT2D eigenvalue weighted by Gasteiger charge is -2.20. The van der Waals surface area contributed by atoms with Crippen LogP contribution in [0, 0.1) is 6.92 Å². The van der Waals surface area contributed by atoms with Gasteiger partial charge in [0.15, 0.2) is 0 Å². The Morgan fingerprint density at radius 1 is 1.14 bits per heavy atom. The van der Waals surface area contributed by atoms with E-state index < -0.39 is 0 Å². The van der Waals surface area contributed by atoms with E-state index in [9.17, 15) is 0 Å². The molecule has 1 fully saturated rings. The van der Waals surface area contributed by atoms with Crippen LogP contribution >= 0.6 is 11.6 Å². The van der Waals surface area contributed by atoms with E-state index in [0.29, 0.717) is 11.0 Å². The van der Waals surface area contributed by atoms with E-state index in [1.54, 1.807) is 6.20 Å². The van der Waals surface area contributed by atoms with Gasteiger partial charge in [-0.05, 0) is 44.2 Å². The Morgan fingerprint density at radius 3 is 2.59 bits per heavy atom. The monoisotopic (exact) mass is 409 g/mol. The van der Waals surface area contributed by atoms with Crippen LogP contribution in [0.4, 0.5) is 11.8 Å². The molecule has 29 heavy (non-hydrogen) atoms. The average Bonchev–Trinajstić information content (AvgIpc) is 3.25. The third-order valence-electron chi connectivity index (χ3n) is 5.12. The van der Waals surface area contributed by atoms with E-state index in [1.165, 1.54) is 0 Å². The number of likely N-dealkylation sites (N-methyl/N-ethyl adjacent to an activating group) is 1. The number of aromatic nitrogens is 4. The minimum atomic E-state index is -0.0537. The van der Waals surface area contributed by atoms with Crippen molar-refractivity contribution >= 4 is 23.4 Å². The normalized spacial score (nSPS) is 15.1. The molecule has 0 spiro atoms. The van der Waals surface area contributed by atoms with E-state index in [-0.39, 0.29) is 6.04 Å². The molecule has 1 aliphatic rings. The second kappa shape index (κ2) is 7.75. The van der Waals surface area contributed by atoms with Crippen LogP contribution in [0.3, 0.4) is 0 Å². The number of halogens is 1. The summed E-state index contributed by atoms with van der Waals surface area (Å²) in [5.74, 6) is 3.25. The number of nitrogens with zero attached hydrogens (tertiary/aromatic N) is 6. The van der Waals surface area contributed by atoms with Crippen LogP contribution in [-0.2, 0) is 0 Å². The number of rotatable bonds is 5. The molecule has 0 bridgehead atoms. The van der Waals surface area contributed by atoms with Crippen LogP contribution < -0.4 is 10.2 Å². The van der Waals surface area contributed by atoms with Crippen molar-refractivity contribution in [3.8, 4) is 5.69 Å². The summed E-state index contributed by atoms with van der Waals surface area (Å²) in [5, 5.41) is 4.07. The molecule has 0 amide bonds. The summed E-state index contributed by atoms with van der Waals surface area (Å²) < 4.78 is 2.05. The van der Waals surface area contributed by atoms with Crippen LogP contribution in [0.2, 0.25) is 5.02 Å². The zero-order valence-corrected chi connectivity index (χ0v) is 17.6. The van der Waals surface area contributed by atoms with Crippen LogP contribution in [0.15, 0.2) is 55.1 Å². The van der Waals surface area contributed by atoms with Crippen molar-refractivity contribution in [2.45, 2.75) is 19.9 Å². The number of benzene rings is 1. The van der Waals surface area contributed by atoms with Crippen molar-refractivity contribution in [2.75, 3.05) is 30.4 Å². The Labute approximate surface area is 175 Å². The SMILES string of the molecule is C=C1N(C)CCN1c1ccnc(NC(C)c2cn(-c3ccc(Cl)cc3)c(C)n2)n1. The van der Waals surface area contributed by atoms with E-state index in [1.807, 2.05) is 62.0 Å². The summed E-state index contributed by atoms with van der Waals surface area (Å²) in [7, 11) is 2.03. The van der Waals surface area contributed by atoms with Gasteiger partial charge in [0.05, 0.1) is 11.7 Å². The average molecular weight is 410 g/mol. The van der Waals surface area contributed by atoms with Crippen molar-refractivity contribution in [3.05, 3.63) is 71.7 Å². The first kappa shape index (κ1) is 19.3. The molecule has 150 valence electrons. The second-order valence-electron chi connectivity index (χ2n) is 7.15. The van der Waals surface area contributed by atoms with Crippen LogP contribution in [0.1, 0.15) is 24.5 Å². The van der Waals surface area contributed by atoms with Crippen molar-refractivity contribution in [1.29, 1.82) is 0 Å².